The maximum absolute atomic E-state index is 9.99. The van der Waals surface area contributed by atoms with Crippen molar-refractivity contribution < 1.29 is 15.0 Å². The minimum atomic E-state index is -0.780. The van der Waals surface area contributed by atoms with Crippen LogP contribution in [0.3, 0.4) is 0 Å². The van der Waals surface area contributed by atoms with Crippen molar-refractivity contribution in [1.29, 1.82) is 0 Å². The predicted octanol–water partition coefficient (Wildman–Crippen LogP) is 0.575. The fourth-order valence-electron chi connectivity index (χ4n) is 0.400. The quantitative estimate of drug-likeness (QED) is 0.624. The summed E-state index contributed by atoms with van der Waals surface area (Å²) in [7, 11) is 0. The summed E-state index contributed by atoms with van der Waals surface area (Å²) in [4.78, 5) is 9.99. The third-order valence-corrected chi connectivity index (χ3v) is 2.13. The zero-order valence-electron chi connectivity index (χ0n) is 5.91. The SMILES string of the molecule is CC(CO)SCCC(=O)O. The van der Waals surface area contributed by atoms with E-state index in [2.05, 4.69) is 0 Å². The average Bonchev–Trinajstić information content (AvgIpc) is 1.87. The van der Waals surface area contributed by atoms with Gasteiger partial charge in [-0.15, -0.1) is 0 Å². The van der Waals surface area contributed by atoms with Crippen LogP contribution in [0.1, 0.15) is 13.3 Å². The summed E-state index contributed by atoms with van der Waals surface area (Å²) in [5.74, 6) is -0.200. The highest BCUT2D eigenvalue weighted by Crippen LogP contribution is 2.09. The van der Waals surface area contributed by atoms with Gasteiger partial charge in [0.25, 0.3) is 0 Å². The van der Waals surface area contributed by atoms with Gasteiger partial charge in [0.2, 0.25) is 0 Å². The monoisotopic (exact) mass is 164 g/mol. The summed E-state index contributed by atoms with van der Waals surface area (Å²) in [6, 6.07) is 0. The van der Waals surface area contributed by atoms with Crippen LogP contribution in [0.25, 0.3) is 0 Å². The van der Waals surface area contributed by atoms with Crippen molar-refractivity contribution in [3.05, 3.63) is 0 Å². The fraction of sp³-hybridized carbons (Fsp3) is 0.833. The molecule has 0 fully saturated rings. The lowest BCUT2D eigenvalue weighted by atomic mass is 10.5. The lowest BCUT2D eigenvalue weighted by molar-refractivity contribution is -0.136. The van der Waals surface area contributed by atoms with E-state index in [0.29, 0.717) is 5.75 Å². The second-order valence-corrected chi connectivity index (χ2v) is 3.55. The van der Waals surface area contributed by atoms with Crippen LogP contribution in [0.2, 0.25) is 0 Å². The Morgan fingerprint density at radius 1 is 1.70 bits per heavy atom. The Labute approximate surface area is 64.4 Å². The van der Waals surface area contributed by atoms with Gasteiger partial charge in [-0.3, -0.25) is 4.79 Å². The van der Waals surface area contributed by atoms with Crippen molar-refractivity contribution in [1.82, 2.24) is 0 Å². The zero-order chi connectivity index (χ0) is 7.98. The molecule has 3 nitrogen and oxygen atoms in total. The molecule has 0 aliphatic carbocycles. The minimum absolute atomic E-state index is 0.115. The molecule has 60 valence electrons. The topological polar surface area (TPSA) is 57.5 Å². The van der Waals surface area contributed by atoms with Crippen molar-refractivity contribution in [2.75, 3.05) is 12.4 Å². The molecule has 0 spiro atoms. The van der Waals surface area contributed by atoms with Crippen molar-refractivity contribution in [3.63, 3.8) is 0 Å². The van der Waals surface area contributed by atoms with E-state index in [-0.39, 0.29) is 18.3 Å². The fourth-order valence-corrected chi connectivity index (χ4v) is 1.20. The van der Waals surface area contributed by atoms with Crippen molar-refractivity contribution in [2.45, 2.75) is 18.6 Å². The van der Waals surface area contributed by atoms with Crippen molar-refractivity contribution >= 4 is 17.7 Å². The van der Waals surface area contributed by atoms with Gasteiger partial charge in [0, 0.05) is 11.0 Å². The van der Waals surface area contributed by atoms with E-state index < -0.39 is 5.97 Å². The molecule has 0 saturated heterocycles. The second-order valence-electron chi connectivity index (χ2n) is 2.01. The van der Waals surface area contributed by atoms with Gasteiger partial charge < -0.3 is 10.2 Å². The van der Waals surface area contributed by atoms with Crippen molar-refractivity contribution in [3.8, 4) is 0 Å². The summed E-state index contributed by atoms with van der Waals surface area (Å²) < 4.78 is 0. The van der Waals surface area contributed by atoms with E-state index in [0.717, 1.165) is 0 Å². The molecular weight excluding hydrogens is 152 g/mol. The first kappa shape index (κ1) is 9.78. The standard InChI is InChI=1S/C6H12O3S/c1-5(4-7)10-3-2-6(8)9/h5,7H,2-4H2,1H3,(H,8,9). The number of aliphatic hydroxyl groups excluding tert-OH is 1. The molecule has 0 bridgehead atoms. The van der Waals surface area contributed by atoms with Crippen LogP contribution in [-0.2, 0) is 4.79 Å². The Balaban J connectivity index is 3.11. The maximum atomic E-state index is 9.99. The largest absolute Gasteiger partial charge is 0.481 e. The van der Waals surface area contributed by atoms with Gasteiger partial charge in [-0.05, 0) is 0 Å². The Hall–Kier alpha value is -0.220. The average molecular weight is 164 g/mol. The number of rotatable bonds is 5. The number of aliphatic carboxylic acids is 1. The van der Waals surface area contributed by atoms with Crippen LogP contribution >= 0.6 is 11.8 Å². The molecule has 1 unspecified atom stereocenters. The Kier molecular flexibility index (Phi) is 5.43. The number of hydrogen-bond donors (Lipinski definition) is 2. The van der Waals surface area contributed by atoms with Gasteiger partial charge in [0.15, 0.2) is 0 Å². The first-order valence-corrected chi connectivity index (χ1v) is 4.16. The number of carbonyl (C=O) groups is 1. The van der Waals surface area contributed by atoms with Crippen LogP contribution in [-0.4, -0.2) is 33.8 Å². The number of thioether (sulfide) groups is 1. The molecule has 0 saturated carbocycles. The first-order valence-electron chi connectivity index (χ1n) is 3.11. The smallest absolute Gasteiger partial charge is 0.304 e. The molecule has 1 atom stereocenters. The van der Waals surface area contributed by atoms with Crippen LogP contribution in [0.5, 0.6) is 0 Å². The highest BCUT2D eigenvalue weighted by molar-refractivity contribution is 7.99. The molecule has 4 heteroatoms. The molecule has 0 amide bonds. The summed E-state index contributed by atoms with van der Waals surface area (Å²) >= 11 is 1.47. The highest BCUT2D eigenvalue weighted by Gasteiger charge is 2.01. The van der Waals surface area contributed by atoms with E-state index in [9.17, 15) is 4.79 Å². The predicted molar refractivity (Wildman–Crippen MR) is 41.3 cm³/mol. The van der Waals surface area contributed by atoms with Gasteiger partial charge in [0.05, 0.1) is 13.0 Å². The van der Waals surface area contributed by atoms with Crippen molar-refractivity contribution in [2.24, 2.45) is 0 Å². The molecule has 0 heterocycles. The molecule has 0 aromatic heterocycles. The molecule has 0 aromatic rings. The maximum Gasteiger partial charge on any atom is 0.304 e. The van der Waals surface area contributed by atoms with E-state index in [1.165, 1.54) is 11.8 Å². The first-order chi connectivity index (χ1) is 4.66. The second kappa shape index (κ2) is 5.56. The van der Waals surface area contributed by atoms with E-state index in [1.54, 1.807) is 0 Å². The third kappa shape index (κ3) is 5.91. The lowest BCUT2D eigenvalue weighted by Crippen LogP contribution is -2.05. The molecule has 0 aliphatic rings. The summed E-state index contributed by atoms with van der Waals surface area (Å²) in [6.45, 7) is 1.98. The molecule has 0 rings (SSSR count). The summed E-state index contributed by atoms with van der Waals surface area (Å²) in [5, 5.41) is 16.9. The number of carboxylic acids is 1. The zero-order valence-corrected chi connectivity index (χ0v) is 6.73. The van der Waals surface area contributed by atoms with Crippen LogP contribution in [0.15, 0.2) is 0 Å². The Bertz CT molecular complexity index is 105. The number of carboxylic acid groups (broad SMARTS) is 1. The number of hydrogen-bond acceptors (Lipinski definition) is 3. The van der Waals surface area contributed by atoms with E-state index in [1.807, 2.05) is 6.92 Å². The normalized spacial score (nSPS) is 13.0. The van der Waals surface area contributed by atoms with E-state index in [4.69, 9.17) is 10.2 Å². The van der Waals surface area contributed by atoms with Gasteiger partial charge in [-0.25, -0.2) is 0 Å². The van der Waals surface area contributed by atoms with E-state index >= 15 is 0 Å². The van der Waals surface area contributed by atoms with Gasteiger partial charge >= 0.3 is 5.97 Å². The molecule has 0 aliphatic heterocycles. The molecular formula is C6H12O3S. The Morgan fingerprint density at radius 3 is 2.70 bits per heavy atom. The van der Waals surface area contributed by atoms with Gasteiger partial charge in [-0.1, -0.05) is 6.92 Å². The third-order valence-electron chi connectivity index (χ3n) is 0.975. The summed E-state index contributed by atoms with van der Waals surface area (Å²) in [5.41, 5.74) is 0. The van der Waals surface area contributed by atoms with Crippen LogP contribution in [0, 0.1) is 0 Å². The Morgan fingerprint density at radius 2 is 2.30 bits per heavy atom. The molecule has 2 N–H and O–H groups in total. The van der Waals surface area contributed by atoms with Crippen LogP contribution in [0.4, 0.5) is 0 Å². The number of aliphatic hydroxyl groups is 1. The molecule has 10 heavy (non-hydrogen) atoms. The minimum Gasteiger partial charge on any atom is -0.481 e. The highest BCUT2D eigenvalue weighted by atomic mass is 32.2. The van der Waals surface area contributed by atoms with Gasteiger partial charge in [-0.2, -0.15) is 11.8 Å². The summed E-state index contributed by atoms with van der Waals surface area (Å²) in [6.07, 6.45) is 0.176. The van der Waals surface area contributed by atoms with Crippen LogP contribution < -0.4 is 0 Å². The van der Waals surface area contributed by atoms with Gasteiger partial charge in [0.1, 0.15) is 0 Å². The molecule has 0 aromatic carbocycles. The lowest BCUT2D eigenvalue weighted by Gasteiger charge is -2.04. The molecule has 0 radical (unpaired) electrons.